The van der Waals surface area contributed by atoms with Crippen LogP contribution in [0.25, 0.3) is 0 Å². The summed E-state index contributed by atoms with van der Waals surface area (Å²) < 4.78 is 10.7. The second kappa shape index (κ2) is 6.94. The molecule has 1 heterocycles. The highest BCUT2D eigenvalue weighted by molar-refractivity contribution is 9.10. The molecule has 110 valence electrons. The Morgan fingerprint density at radius 1 is 1.33 bits per heavy atom. The molecular formula is C14H13BrN2O4. The SMILES string of the molecule is Nc1ccc(Br)cc1C(=O)OCC(=O)NCc1ccco1. The topological polar surface area (TPSA) is 94.6 Å². The van der Waals surface area contributed by atoms with Crippen LogP contribution in [0.4, 0.5) is 5.69 Å². The van der Waals surface area contributed by atoms with Crippen LogP contribution in [0.15, 0.2) is 45.5 Å². The average molecular weight is 353 g/mol. The molecule has 3 N–H and O–H groups in total. The van der Waals surface area contributed by atoms with E-state index in [9.17, 15) is 9.59 Å². The van der Waals surface area contributed by atoms with Crippen LogP contribution in [0.1, 0.15) is 16.1 Å². The van der Waals surface area contributed by atoms with Gasteiger partial charge in [-0.2, -0.15) is 0 Å². The van der Waals surface area contributed by atoms with E-state index < -0.39 is 11.9 Å². The molecule has 0 aliphatic heterocycles. The Labute approximate surface area is 129 Å². The summed E-state index contributed by atoms with van der Waals surface area (Å²) in [5.41, 5.74) is 6.19. The zero-order valence-corrected chi connectivity index (χ0v) is 12.6. The van der Waals surface area contributed by atoms with Crippen LogP contribution in [-0.4, -0.2) is 18.5 Å². The van der Waals surface area contributed by atoms with E-state index in [4.69, 9.17) is 14.9 Å². The van der Waals surface area contributed by atoms with Gasteiger partial charge in [0.15, 0.2) is 6.61 Å². The highest BCUT2D eigenvalue weighted by Gasteiger charge is 2.13. The van der Waals surface area contributed by atoms with E-state index in [1.54, 1.807) is 30.3 Å². The zero-order valence-electron chi connectivity index (χ0n) is 11.0. The fourth-order valence-electron chi connectivity index (χ4n) is 1.56. The van der Waals surface area contributed by atoms with Crippen LogP contribution in [0.3, 0.4) is 0 Å². The molecule has 0 aliphatic rings. The van der Waals surface area contributed by atoms with Crippen molar-refractivity contribution in [2.75, 3.05) is 12.3 Å². The van der Waals surface area contributed by atoms with Crippen molar-refractivity contribution in [3.63, 3.8) is 0 Å². The number of carbonyl (C=O) groups is 2. The number of amides is 1. The summed E-state index contributed by atoms with van der Waals surface area (Å²) in [5, 5.41) is 2.57. The van der Waals surface area contributed by atoms with E-state index >= 15 is 0 Å². The molecule has 0 fully saturated rings. The van der Waals surface area contributed by atoms with Crippen LogP contribution in [0, 0.1) is 0 Å². The van der Waals surface area contributed by atoms with E-state index in [1.807, 2.05) is 0 Å². The minimum absolute atomic E-state index is 0.211. The van der Waals surface area contributed by atoms with Crippen molar-refractivity contribution in [2.24, 2.45) is 0 Å². The van der Waals surface area contributed by atoms with Gasteiger partial charge in [0.25, 0.3) is 5.91 Å². The normalized spacial score (nSPS) is 10.1. The molecule has 1 amide bonds. The largest absolute Gasteiger partial charge is 0.467 e. The predicted molar refractivity (Wildman–Crippen MR) is 79.4 cm³/mol. The lowest BCUT2D eigenvalue weighted by Crippen LogP contribution is -2.28. The first-order valence-electron chi connectivity index (χ1n) is 6.07. The number of rotatable bonds is 5. The molecule has 7 heteroatoms. The third kappa shape index (κ3) is 4.35. The van der Waals surface area contributed by atoms with E-state index in [0.29, 0.717) is 15.9 Å². The van der Waals surface area contributed by atoms with Crippen molar-refractivity contribution in [3.05, 3.63) is 52.4 Å². The van der Waals surface area contributed by atoms with Crippen molar-refractivity contribution in [1.82, 2.24) is 5.32 Å². The Hall–Kier alpha value is -2.28. The first-order chi connectivity index (χ1) is 10.1. The number of esters is 1. The van der Waals surface area contributed by atoms with Crippen LogP contribution in [0.2, 0.25) is 0 Å². The molecule has 1 aromatic heterocycles. The molecule has 0 bridgehead atoms. The van der Waals surface area contributed by atoms with Gasteiger partial charge in [-0.3, -0.25) is 4.79 Å². The van der Waals surface area contributed by atoms with E-state index in [2.05, 4.69) is 21.2 Å². The maximum Gasteiger partial charge on any atom is 0.340 e. The molecular weight excluding hydrogens is 340 g/mol. The second-order valence-corrected chi connectivity index (χ2v) is 5.08. The molecule has 0 atom stereocenters. The Morgan fingerprint density at radius 3 is 2.86 bits per heavy atom. The number of nitrogen functional groups attached to an aromatic ring is 1. The van der Waals surface area contributed by atoms with Crippen LogP contribution in [0.5, 0.6) is 0 Å². The minimum Gasteiger partial charge on any atom is -0.467 e. The van der Waals surface area contributed by atoms with Gasteiger partial charge < -0.3 is 20.2 Å². The quantitative estimate of drug-likeness (QED) is 0.634. The first kappa shape index (κ1) is 15.1. The van der Waals surface area contributed by atoms with Crippen LogP contribution >= 0.6 is 15.9 Å². The molecule has 0 radical (unpaired) electrons. The lowest BCUT2D eigenvalue weighted by molar-refractivity contribution is -0.124. The smallest absolute Gasteiger partial charge is 0.340 e. The number of benzene rings is 1. The Bertz CT molecular complexity index is 640. The molecule has 1 aromatic carbocycles. The first-order valence-corrected chi connectivity index (χ1v) is 6.87. The van der Waals surface area contributed by atoms with Crippen molar-refractivity contribution >= 4 is 33.5 Å². The number of hydrogen-bond acceptors (Lipinski definition) is 5. The van der Waals surface area contributed by atoms with Gasteiger partial charge in [-0.05, 0) is 30.3 Å². The van der Waals surface area contributed by atoms with Crippen molar-refractivity contribution in [2.45, 2.75) is 6.54 Å². The number of hydrogen-bond donors (Lipinski definition) is 2. The second-order valence-electron chi connectivity index (χ2n) is 4.16. The lowest BCUT2D eigenvalue weighted by Gasteiger charge is -2.07. The lowest BCUT2D eigenvalue weighted by atomic mass is 10.2. The maximum atomic E-state index is 11.8. The number of furan rings is 1. The number of anilines is 1. The van der Waals surface area contributed by atoms with Crippen molar-refractivity contribution < 1.29 is 18.7 Å². The van der Waals surface area contributed by atoms with E-state index in [1.165, 1.54) is 6.26 Å². The molecule has 6 nitrogen and oxygen atoms in total. The summed E-state index contributed by atoms with van der Waals surface area (Å²) in [4.78, 5) is 23.4. The fourth-order valence-corrected chi connectivity index (χ4v) is 1.93. The highest BCUT2D eigenvalue weighted by atomic mass is 79.9. The summed E-state index contributed by atoms with van der Waals surface area (Å²) in [5.74, 6) is -0.457. The molecule has 0 saturated heterocycles. The van der Waals surface area contributed by atoms with E-state index in [-0.39, 0.29) is 18.7 Å². The van der Waals surface area contributed by atoms with E-state index in [0.717, 1.165) is 0 Å². The van der Waals surface area contributed by atoms with Gasteiger partial charge in [0.2, 0.25) is 0 Å². The molecule has 0 spiro atoms. The van der Waals surface area contributed by atoms with Gasteiger partial charge >= 0.3 is 5.97 Å². The number of carbonyl (C=O) groups excluding carboxylic acids is 2. The average Bonchev–Trinajstić information content (AvgIpc) is 2.98. The molecule has 2 aromatic rings. The van der Waals surface area contributed by atoms with Gasteiger partial charge in [-0.15, -0.1) is 0 Å². The Balaban J connectivity index is 1.83. The van der Waals surface area contributed by atoms with Crippen molar-refractivity contribution in [3.8, 4) is 0 Å². The number of halogens is 1. The predicted octanol–water partition coefficient (Wildman–Crippen LogP) is 2.10. The van der Waals surface area contributed by atoms with Gasteiger partial charge in [-0.25, -0.2) is 4.79 Å². The van der Waals surface area contributed by atoms with Gasteiger partial charge in [-0.1, -0.05) is 15.9 Å². The highest BCUT2D eigenvalue weighted by Crippen LogP contribution is 2.19. The number of ether oxygens (including phenoxy) is 1. The molecule has 0 saturated carbocycles. The minimum atomic E-state index is -0.651. The standard InChI is InChI=1S/C14H13BrN2O4/c15-9-3-4-12(16)11(6-9)14(19)21-8-13(18)17-7-10-2-1-5-20-10/h1-6H,7-8,16H2,(H,17,18). The van der Waals surface area contributed by atoms with Gasteiger partial charge in [0, 0.05) is 10.2 Å². The molecule has 21 heavy (non-hydrogen) atoms. The van der Waals surface area contributed by atoms with Gasteiger partial charge in [0.1, 0.15) is 5.76 Å². The third-order valence-electron chi connectivity index (χ3n) is 2.61. The van der Waals surface area contributed by atoms with Crippen LogP contribution < -0.4 is 11.1 Å². The number of nitrogens with one attached hydrogen (secondary N) is 1. The molecule has 0 unspecified atom stereocenters. The summed E-state index contributed by atoms with van der Waals surface area (Å²) in [7, 11) is 0. The molecule has 0 aliphatic carbocycles. The van der Waals surface area contributed by atoms with Crippen molar-refractivity contribution in [1.29, 1.82) is 0 Å². The van der Waals surface area contributed by atoms with Gasteiger partial charge in [0.05, 0.1) is 18.4 Å². The Morgan fingerprint density at radius 2 is 2.14 bits per heavy atom. The maximum absolute atomic E-state index is 11.8. The third-order valence-corrected chi connectivity index (χ3v) is 3.10. The summed E-state index contributed by atoms with van der Waals surface area (Å²) in [6, 6.07) is 8.28. The zero-order chi connectivity index (χ0) is 15.2. The Kier molecular flexibility index (Phi) is 4.99. The molecule has 2 rings (SSSR count). The monoisotopic (exact) mass is 352 g/mol. The summed E-state index contributed by atoms with van der Waals surface area (Å²) in [6.07, 6.45) is 1.51. The van der Waals surface area contributed by atoms with Crippen LogP contribution in [-0.2, 0) is 16.1 Å². The summed E-state index contributed by atoms with van der Waals surface area (Å²) >= 11 is 3.24. The fraction of sp³-hybridized carbons (Fsp3) is 0.143. The summed E-state index contributed by atoms with van der Waals surface area (Å²) in [6.45, 7) is -0.145. The number of nitrogens with two attached hydrogens (primary N) is 1.